The summed E-state index contributed by atoms with van der Waals surface area (Å²) in [7, 11) is -0.503. The van der Waals surface area contributed by atoms with Crippen LogP contribution >= 0.6 is 27.3 Å². The van der Waals surface area contributed by atoms with E-state index in [2.05, 4.69) is 20.9 Å². The fourth-order valence-electron chi connectivity index (χ4n) is 3.81. The Morgan fingerprint density at radius 3 is 2.74 bits per heavy atom. The van der Waals surface area contributed by atoms with Crippen LogP contribution in [0.15, 0.2) is 56.8 Å². The fraction of sp³-hybridized carbons (Fsp3) is 0.391. The van der Waals surface area contributed by atoms with Gasteiger partial charge in [-0.2, -0.15) is 9.30 Å². The maximum Gasteiger partial charge on any atom is 0.279 e. The quantitative estimate of drug-likeness (QED) is 0.414. The van der Waals surface area contributed by atoms with Crippen LogP contribution < -0.4 is 4.80 Å². The van der Waals surface area contributed by atoms with Crippen LogP contribution in [0, 0.1) is 0 Å². The molecular formula is C23H26BrN3O5S2. The summed E-state index contributed by atoms with van der Waals surface area (Å²) in [5.41, 5.74) is 1.28. The molecule has 8 nitrogen and oxygen atoms in total. The number of methoxy groups -OCH3 is 1. The van der Waals surface area contributed by atoms with Crippen LogP contribution in [0.5, 0.6) is 0 Å². The van der Waals surface area contributed by atoms with Crippen LogP contribution in [0.2, 0.25) is 0 Å². The van der Waals surface area contributed by atoms with Crippen molar-refractivity contribution in [1.82, 2.24) is 8.87 Å². The normalized spacial score (nSPS) is 17.2. The number of hydrogen-bond donors (Lipinski definition) is 0. The number of benzene rings is 2. The van der Waals surface area contributed by atoms with Gasteiger partial charge in [0.25, 0.3) is 5.91 Å². The average Bonchev–Trinajstić information content (AvgIpc) is 3.44. The molecule has 0 bridgehead atoms. The van der Waals surface area contributed by atoms with Gasteiger partial charge in [-0.15, -0.1) is 0 Å². The lowest BCUT2D eigenvalue weighted by Crippen LogP contribution is -2.34. The predicted molar refractivity (Wildman–Crippen MR) is 135 cm³/mol. The number of ether oxygens (including phenoxy) is 2. The first-order chi connectivity index (χ1) is 16.3. The Labute approximate surface area is 211 Å². The van der Waals surface area contributed by atoms with E-state index in [-0.39, 0.29) is 11.0 Å². The molecule has 1 atom stereocenters. The second-order valence-corrected chi connectivity index (χ2v) is 12.0. The minimum absolute atomic E-state index is 0.0776. The van der Waals surface area contributed by atoms with Crippen molar-refractivity contribution in [2.75, 3.05) is 33.9 Å². The standard InChI is InChI=1S/C23H26BrN3O5S2/c1-26(15-18-4-3-12-32-18)34(29,30)19-8-5-16(6-9-19)22(28)25-23-27(11-13-31-2)20-10-7-17(24)14-21(20)33-23/h5-10,14,18H,3-4,11-13,15H2,1-2H3. The summed E-state index contributed by atoms with van der Waals surface area (Å²) in [6.07, 6.45) is 1.72. The largest absolute Gasteiger partial charge is 0.383 e. The fourth-order valence-corrected chi connectivity index (χ4v) is 6.61. The SMILES string of the molecule is COCCn1c(=NC(=O)c2ccc(S(=O)(=O)N(C)CC3CCCO3)cc2)sc2cc(Br)ccc21. The first kappa shape index (κ1) is 25.2. The topological polar surface area (TPSA) is 90.2 Å². The number of halogens is 1. The van der Waals surface area contributed by atoms with Gasteiger partial charge in [-0.3, -0.25) is 4.79 Å². The molecule has 182 valence electrons. The number of thiazole rings is 1. The third kappa shape index (κ3) is 5.50. The molecule has 0 radical (unpaired) electrons. The highest BCUT2D eigenvalue weighted by atomic mass is 79.9. The molecule has 0 spiro atoms. The Morgan fingerprint density at radius 1 is 1.29 bits per heavy atom. The third-order valence-corrected chi connectivity index (χ3v) is 9.03. The van der Waals surface area contributed by atoms with Crippen molar-refractivity contribution in [3.05, 3.63) is 57.3 Å². The van der Waals surface area contributed by atoms with Crippen LogP contribution in [0.1, 0.15) is 23.2 Å². The van der Waals surface area contributed by atoms with Gasteiger partial charge in [-0.25, -0.2) is 8.42 Å². The van der Waals surface area contributed by atoms with E-state index < -0.39 is 15.9 Å². The van der Waals surface area contributed by atoms with Crippen molar-refractivity contribution in [3.63, 3.8) is 0 Å². The number of sulfonamides is 1. The zero-order valence-corrected chi connectivity index (χ0v) is 22.2. The van der Waals surface area contributed by atoms with E-state index in [4.69, 9.17) is 9.47 Å². The number of fused-ring (bicyclic) bond motifs is 1. The van der Waals surface area contributed by atoms with Crippen LogP contribution in [0.4, 0.5) is 0 Å². The average molecular weight is 569 g/mol. The van der Waals surface area contributed by atoms with Crippen LogP contribution in [-0.4, -0.2) is 63.2 Å². The molecule has 4 rings (SSSR count). The van der Waals surface area contributed by atoms with Crippen molar-refractivity contribution in [2.24, 2.45) is 4.99 Å². The molecule has 3 aromatic rings. The molecule has 1 aliphatic rings. The van der Waals surface area contributed by atoms with Gasteiger partial charge in [0.2, 0.25) is 10.0 Å². The summed E-state index contributed by atoms with van der Waals surface area (Å²) in [5, 5.41) is 0. The molecular weight excluding hydrogens is 542 g/mol. The van der Waals surface area contributed by atoms with Crippen LogP contribution in [-0.2, 0) is 26.0 Å². The summed E-state index contributed by atoms with van der Waals surface area (Å²) in [5.74, 6) is -0.437. The second kappa shape index (κ2) is 10.8. The number of likely N-dealkylation sites (N-methyl/N-ethyl adjacent to an activating group) is 1. The molecule has 2 aromatic carbocycles. The second-order valence-electron chi connectivity index (χ2n) is 8.00. The first-order valence-corrected chi connectivity index (χ1v) is 13.9. The van der Waals surface area contributed by atoms with E-state index in [1.807, 2.05) is 22.8 Å². The lowest BCUT2D eigenvalue weighted by Gasteiger charge is -2.20. The molecule has 1 fully saturated rings. The Kier molecular flexibility index (Phi) is 8.01. The van der Waals surface area contributed by atoms with Gasteiger partial charge in [0.15, 0.2) is 4.80 Å². The molecule has 1 unspecified atom stereocenters. The van der Waals surface area contributed by atoms with Crippen LogP contribution in [0.3, 0.4) is 0 Å². The molecule has 1 aliphatic heterocycles. The molecule has 11 heteroatoms. The van der Waals surface area contributed by atoms with Gasteiger partial charge < -0.3 is 14.0 Å². The van der Waals surface area contributed by atoms with E-state index in [0.29, 0.717) is 36.7 Å². The Hall–Kier alpha value is -1.89. The minimum Gasteiger partial charge on any atom is -0.383 e. The van der Waals surface area contributed by atoms with Gasteiger partial charge in [0.05, 0.1) is 27.8 Å². The molecule has 1 saturated heterocycles. The molecule has 1 aromatic heterocycles. The smallest absolute Gasteiger partial charge is 0.279 e. The van der Waals surface area contributed by atoms with Crippen molar-refractivity contribution in [3.8, 4) is 0 Å². The summed E-state index contributed by atoms with van der Waals surface area (Å²) in [4.78, 5) is 17.9. The highest BCUT2D eigenvalue weighted by Gasteiger charge is 2.26. The van der Waals surface area contributed by atoms with E-state index >= 15 is 0 Å². The first-order valence-electron chi connectivity index (χ1n) is 10.8. The molecule has 2 heterocycles. The monoisotopic (exact) mass is 567 g/mol. The Morgan fingerprint density at radius 2 is 2.06 bits per heavy atom. The lowest BCUT2D eigenvalue weighted by atomic mass is 10.2. The molecule has 34 heavy (non-hydrogen) atoms. The number of nitrogens with zero attached hydrogens (tertiary/aromatic N) is 3. The van der Waals surface area contributed by atoms with E-state index in [9.17, 15) is 13.2 Å². The number of amides is 1. The maximum atomic E-state index is 12.9. The van der Waals surface area contributed by atoms with E-state index in [0.717, 1.165) is 27.5 Å². The van der Waals surface area contributed by atoms with Gasteiger partial charge in [0, 0.05) is 43.9 Å². The number of rotatable bonds is 8. The number of hydrogen-bond acceptors (Lipinski definition) is 6. The predicted octanol–water partition coefficient (Wildman–Crippen LogP) is 3.65. The number of carbonyl (C=O) groups excluding carboxylic acids is 1. The van der Waals surface area contributed by atoms with E-state index in [1.54, 1.807) is 14.2 Å². The third-order valence-electron chi connectivity index (χ3n) is 5.66. The zero-order valence-electron chi connectivity index (χ0n) is 18.9. The van der Waals surface area contributed by atoms with Crippen molar-refractivity contribution >= 4 is 53.4 Å². The Bertz CT molecular complexity index is 1340. The number of carbonyl (C=O) groups is 1. The number of aromatic nitrogens is 1. The van der Waals surface area contributed by atoms with Crippen LogP contribution in [0.25, 0.3) is 10.2 Å². The zero-order chi connectivity index (χ0) is 24.3. The van der Waals surface area contributed by atoms with E-state index in [1.165, 1.54) is 39.9 Å². The maximum absolute atomic E-state index is 12.9. The van der Waals surface area contributed by atoms with Crippen molar-refractivity contribution in [1.29, 1.82) is 0 Å². The summed E-state index contributed by atoms with van der Waals surface area (Å²) < 4.78 is 41.8. The van der Waals surface area contributed by atoms with Gasteiger partial charge in [0.1, 0.15) is 0 Å². The van der Waals surface area contributed by atoms with Crippen molar-refractivity contribution < 1.29 is 22.7 Å². The van der Waals surface area contributed by atoms with Gasteiger partial charge in [-0.05, 0) is 55.3 Å². The highest BCUT2D eigenvalue weighted by Crippen LogP contribution is 2.23. The summed E-state index contributed by atoms with van der Waals surface area (Å²) in [6, 6.07) is 11.8. The molecule has 1 amide bonds. The summed E-state index contributed by atoms with van der Waals surface area (Å²) in [6.45, 7) is 2.01. The Balaban J connectivity index is 1.58. The highest BCUT2D eigenvalue weighted by molar-refractivity contribution is 9.10. The van der Waals surface area contributed by atoms with Gasteiger partial charge >= 0.3 is 0 Å². The molecule has 0 saturated carbocycles. The van der Waals surface area contributed by atoms with Crippen molar-refractivity contribution in [2.45, 2.75) is 30.4 Å². The minimum atomic E-state index is -3.68. The van der Waals surface area contributed by atoms with Gasteiger partial charge in [-0.1, -0.05) is 27.3 Å². The lowest BCUT2D eigenvalue weighted by molar-refractivity contribution is 0.0979. The summed E-state index contributed by atoms with van der Waals surface area (Å²) >= 11 is 4.89. The molecule has 0 aliphatic carbocycles. The molecule has 0 N–H and O–H groups in total.